The van der Waals surface area contributed by atoms with Gasteiger partial charge in [0.25, 0.3) is 0 Å². The molecule has 2 aromatic heterocycles. The van der Waals surface area contributed by atoms with Crippen molar-refractivity contribution < 1.29 is 47.2 Å². The Morgan fingerprint density at radius 2 is 1.59 bits per heavy atom. The molecular formula is C34H35ClF5N5O6S3. The van der Waals surface area contributed by atoms with Crippen molar-refractivity contribution in [1.82, 2.24) is 19.3 Å². The van der Waals surface area contributed by atoms with Crippen LogP contribution in [-0.4, -0.2) is 63.9 Å². The Labute approximate surface area is 314 Å². The number of sulfone groups is 1. The minimum absolute atomic E-state index is 0.101. The van der Waals surface area contributed by atoms with E-state index in [1.807, 2.05) is 0 Å². The third-order valence-electron chi connectivity index (χ3n) is 9.02. The number of hydrogen-bond donors (Lipinski definition) is 3. The van der Waals surface area contributed by atoms with Crippen molar-refractivity contribution in [3.63, 3.8) is 0 Å². The van der Waals surface area contributed by atoms with E-state index < -0.39 is 75.8 Å². The molecule has 1 unspecified atom stereocenters. The molecular weight excluding hydrogens is 801 g/mol. The molecule has 0 aliphatic heterocycles. The number of nitrogens with two attached hydrogens (primary N) is 1. The minimum Gasteiger partial charge on any atom is -0.322 e. The highest BCUT2D eigenvalue weighted by atomic mass is 35.5. The summed E-state index contributed by atoms with van der Waals surface area (Å²) in [5.41, 5.74) is 8.32. The van der Waals surface area contributed by atoms with E-state index in [9.17, 15) is 47.2 Å². The van der Waals surface area contributed by atoms with Crippen LogP contribution < -0.4 is 9.86 Å². The maximum Gasteiger partial charge on any atom is 0.390 e. The van der Waals surface area contributed by atoms with Crippen LogP contribution in [0.3, 0.4) is 0 Å². The number of sulfonamides is 2. The first kappa shape index (κ1) is 41.5. The van der Waals surface area contributed by atoms with E-state index >= 15 is 0 Å². The first-order valence-corrected chi connectivity index (χ1v) is 21.9. The third-order valence-corrected chi connectivity index (χ3v) is 14.6. The highest BCUT2D eigenvalue weighted by Gasteiger charge is 2.43. The highest BCUT2D eigenvalue weighted by molar-refractivity contribution is 8.04. The zero-order valence-electron chi connectivity index (χ0n) is 29.2. The molecule has 0 bridgehead atoms. The molecule has 1 aliphatic rings. The molecule has 54 heavy (non-hydrogen) atoms. The topological polar surface area (TPSA) is 182 Å². The van der Waals surface area contributed by atoms with E-state index in [-0.39, 0.29) is 44.9 Å². The number of rotatable bonds is 10. The average molecular weight is 836 g/mol. The second kappa shape index (κ2) is 14.8. The van der Waals surface area contributed by atoms with Gasteiger partial charge in [-0.25, -0.2) is 39.0 Å². The molecule has 0 saturated carbocycles. The lowest BCUT2D eigenvalue weighted by molar-refractivity contribution is -0.135. The molecule has 20 heteroatoms. The molecule has 2 atom stereocenters. The predicted octanol–water partition coefficient (Wildman–Crippen LogP) is 5.73. The van der Waals surface area contributed by atoms with Gasteiger partial charge in [0.05, 0.1) is 35.1 Å². The molecule has 1 aliphatic carbocycles. The van der Waals surface area contributed by atoms with Crippen LogP contribution >= 0.6 is 11.6 Å². The smallest absolute Gasteiger partial charge is 0.322 e. The van der Waals surface area contributed by atoms with Gasteiger partial charge in [-0.15, -0.1) is 4.13 Å². The molecule has 4 N–H and O–H groups in total. The molecule has 4 aromatic rings. The molecule has 0 amide bonds. The summed E-state index contributed by atoms with van der Waals surface area (Å²) in [4.78, 5) is 4.81. The molecule has 0 spiro atoms. The third kappa shape index (κ3) is 9.06. The number of hydrogen-bond acceptors (Lipinski definition) is 9. The summed E-state index contributed by atoms with van der Waals surface area (Å²) in [6.45, 7) is 2.86. The summed E-state index contributed by atoms with van der Waals surface area (Å²) in [6, 6.07) is 4.53. The molecule has 2 heterocycles. The van der Waals surface area contributed by atoms with Gasteiger partial charge in [-0.1, -0.05) is 23.6 Å². The lowest BCUT2D eigenvalue weighted by Crippen LogP contribution is -2.35. The zero-order chi connectivity index (χ0) is 40.2. The zero-order valence-corrected chi connectivity index (χ0v) is 32.4. The summed E-state index contributed by atoms with van der Waals surface area (Å²) < 4.78 is 145. The van der Waals surface area contributed by atoms with Crippen LogP contribution in [0.15, 0.2) is 30.3 Å². The molecule has 0 saturated heterocycles. The average Bonchev–Trinajstić information content (AvgIpc) is 3.46. The van der Waals surface area contributed by atoms with Crippen LogP contribution in [0.5, 0.6) is 0 Å². The Bertz CT molecular complexity index is 2530. The number of nitrogens with zero attached hydrogens (tertiary/aromatic N) is 2. The van der Waals surface area contributed by atoms with Gasteiger partial charge < -0.3 is 5.73 Å². The quantitative estimate of drug-likeness (QED) is 0.133. The van der Waals surface area contributed by atoms with Gasteiger partial charge in [-0.3, -0.25) is 5.10 Å². The van der Waals surface area contributed by atoms with Crippen LogP contribution in [-0.2, 0) is 49.1 Å². The van der Waals surface area contributed by atoms with Crippen molar-refractivity contribution in [3.8, 4) is 23.0 Å². The number of pyridine rings is 1. The monoisotopic (exact) mass is 835 g/mol. The fraction of sp³-hybridized carbons (Fsp3) is 0.412. The Hall–Kier alpha value is -3.67. The van der Waals surface area contributed by atoms with E-state index in [1.54, 1.807) is 0 Å². The Balaban J connectivity index is 1.83. The molecule has 0 radical (unpaired) electrons. The molecule has 2 aromatic carbocycles. The predicted molar refractivity (Wildman–Crippen MR) is 194 cm³/mol. The number of aromatic nitrogens is 3. The van der Waals surface area contributed by atoms with Gasteiger partial charge >= 0.3 is 6.18 Å². The van der Waals surface area contributed by atoms with Gasteiger partial charge in [0.2, 0.25) is 20.0 Å². The summed E-state index contributed by atoms with van der Waals surface area (Å²) in [5, 5.41) is 3.56. The number of H-pyrrole nitrogens is 1. The molecule has 292 valence electrons. The minimum atomic E-state index is -5.27. The first-order chi connectivity index (χ1) is 24.8. The normalized spacial score (nSPS) is 15.4. The summed E-state index contributed by atoms with van der Waals surface area (Å²) in [5.74, 6) is 3.98. The number of fused-ring (bicyclic) bond motifs is 2. The number of nitrogens with one attached hydrogen (secondary N) is 2. The SMILES string of the molecule is CC(C)(C#Cc1nc([C@@H](N)Cc2cc(F)cc(F)c2)c(-c2ccc(Cl)c3c(C(CC(F)(F)F)S(=O)(=O)NS(C)(=O)=O)[nH]nc23)c2c1CCCC2)S(C)(=O)=O. The molecule has 11 nitrogen and oxygen atoms in total. The van der Waals surface area contributed by atoms with Gasteiger partial charge in [0.15, 0.2) is 9.84 Å². The van der Waals surface area contributed by atoms with Crippen molar-refractivity contribution in [3.05, 3.63) is 80.8 Å². The van der Waals surface area contributed by atoms with E-state index in [0.717, 1.165) is 18.4 Å². The number of aromatic amines is 1. The summed E-state index contributed by atoms with van der Waals surface area (Å²) in [7, 11) is -13.5. The molecule has 5 rings (SSSR count). The lowest BCUT2D eigenvalue weighted by Gasteiger charge is -2.26. The Kier molecular flexibility index (Phi) is 11.3. The Morgan fingerprint density at radius 1 is 0.981 bits per heavy atom. The number of alkyl halides is 3. The largest absolute Gasteiger partial charge is 0.390 e. The van der Waals surface area contributed by atoms with Crippen LogP contribution in [0.4, 0.5) is 22.0 Å². The van der Waals surface area contributed by atoms with E-state index in [4.69, 9.17) is 22.3 Å². The summed E-state index contributed by atoms with van der Waals surface area (Å²) in [6.07, 6.45) is -3.57. The van der Waals surface area contributed by atoms with E-state index in [2.05, 4.69) is 22.0 Å². The van der Waals surface area contributed by atoms with Crippen LogP contribution in [0, 0.1) is 23.5 Å². The van der Waals surface area contributed by atoms with Crippen LogP contribution in [0.25, 0.3) is 22.0 Å². The van der Waals surface area contributed by atoms with Gasteiger partial charge in [0, 0.05) is 28.8 Å². The fourth-order valence-electron chi connectivity index (χ4n) is 6.29. The standard InChI is InChI=1S/C34H35ClF5N5O6S3/c1-33(2,52(3,46)47)12-11-26-21-7-5-6-8-22(21)28(31(42-26)25(41)15-18-13-19(36)16-20(37)14-18)23-9-10-24(35)29-30(23)43-44-32(29)27(17-34(38,39)40)54(50,51)45-53(4,48)49/h9-10,13-14,16,25,27,45H,5-8,15,17,41H2,1-4H3,(H,43,44)/t25-,27?/m0/s1. The van der Waals surface area contributed by atoms with Crippen molar-refractivity contribution in [1.29, 1.82) is 0 Å². The number of benzene rings is 2. The maximum atomic E-state index is 14.2. The van der Waals surface area contributed by atoms with Crippen molar-refractivity contribution in [2.75, 3.05) is 12.5 Å². The van der Waals surface area contributed by atoms with Crippen molar-refractivity contribution in [2.45, 2.75) is 74.6 Å². The van der Waals surface area contributed by atoms with Gasteiger partial charge in [-0.2, -0.15) is 18.3 Å². The van der Waals surface area contributed by atoms with Crippen LogP contribution in [0.1, 0.15) is 78.2 Å². The van der Waals surface area contributed by atoms with Crippen molar-refractivity contribution >= 4 is 52.4 Å². The second-order valence-corrected chi connectivity index (χ2v) is 20.5. The fourth-order valence-corrected chi connectivity index (χ4v) is 9.82. The maximum absolute atomic E-state index is 14.2. The first-order valence-electron chi connectivity index (χ1n) is 16.2. The van der Waals surface area contributed by atoms with E-state index in [0.29, 0.717) is 54.7 Å². The van der Waals surface area contributed by atoms with Gasteiger partial charge in [0.1, 0.15) is 32.8 Å². The van der Waals surface area contributed by atoms with Crippen LogP contribution in [0.2, 0.25) is 5.02 Å². The van der Waals surface area contributed by atoms with Crippen molar-refractivity contribution in [2.24, 2.45) is 5.73 Å². The lowest BCUT2D eigenvalue weighted by atomic mass is 9.82. The van der Waals surface area contributed by atoms with E-state index in [1.165, 1.54) is 30.1 Å². The molecule has 0 fully saturated rings. The second-order valence-electron chi connectivity index (χ2n) is 13.7. The summed E-state index contributed by atoms with van der Waals surface area (Å²) >= 11 is 6.54. The number of halogens is 6. The van der Waals surface area contributed by atoms with Gasteiger partial charge in [-0.05, 0) is 86.8 Å². The Morgan fingerprint density at radius 3 is 2.17 bits per heavy atom. The highest BCUT2D eigenvalue weighted by Crippen LogP contribution is 2.45.